The van der Waals surface area contributed by atoms with E-state index < -0.39 is 0 Å². The normalized spacial score (nSPS) is 18.5. The molecular weight excluding hydrogens is 280 g/mol. The number of aryl methyl sites for hydroxylation is 1. The summed E-state index contributed by atoms with van der Waals surface area (Å²) in [4.78, 5) is 12.7. The van der Waals surface area contributed by atoms with Gasteiger partial charge in [0.1, 0.15) is 5.69 Å². The fourth-order valence-electron chi connectivity index (χ4n) is 2.64. The van der Waals surface area contributed by atoms with Gasteiger partial charge in [-0.3, -0.25) is 9.48 Å². The molecule has 0 atom stereocenters. The van der Waals surface area contributed by atoms with Crippen molar-refractivity contribution < 1.29 is 4.79 Å². The molecule has 4 heteroatoms. The molecule has 1 saturated carbocycles. The molecule has 1 aliphatic rings. The largest absolute Gasteiger partial charge is 0.292 e. The fourth-order valence-corrected chi connectivity index (χ4v) is 3.11. The molecule has 0 unspecified atom stereocenters. The molecule has 1 heterocycles. The highest BCUT2D eigenvalue weighted by atomic mass is 79.9. The smallest absolute Gasteiger partial charge is 0.187 e. The Kier molecular flexibility index (Phi) is 3.71. The van der Waals surface area contributed by atoms with Crippen LogP contribution in [0.4, 0.5) is 0 Å². The predicted molar refractivity (Wildman–Crippen MR) is 71.1 cm³/mol. The van der Waals surface area contributed by atoms with E-state index in [1.54, 1.807) is 6.20 Å². The van der Waals surface area contributed by atoms with Crippen LogP contribution >= 0.6 is 15.9 Å². The van der Waals surface area contributed by atoms with Crippen molar-refractivity contribution in [3.63, 3.8) is 0 Å². The SMILES string of the molecule is CCCn1ncc(Br)c1C(=O)C1(C)CCCC1. The van der Waals surface area contributed by atoms with Crippen LogP contribution in [0.3, 0.4) is 0 Å². The van der Waals surface area contributed by atoms with Gasteiger partial charge in [-0.05, 0) is 35.2 Å². The zero-order valence-electron chi connectivity index (χ0n) is 10.5. The van der Waals surface area contributed by atoms with E-state index in [1.165, 1.54) is 12.8 Å². The third-order valence-corrected chi connectivity index (χ3v) is 4.28. The van der Waals surface area contributed by atoms with Gasteiger partial charge in [0.15, 0.2) is 5.78 Å². The van der Waals surface area contributed by atoms with Gasteiger partial charge < -0.3 is 0 Å². The van der Waals surface area contributed by atoms with Crippen LogP contribution in [0.2, 0.25) is 0 Å². The maximum absolute atomic E-state index is 12.7. The van der Waals surface area contributed by atoms with Gasteiger partial charge in [0.05, 0.1) is 10.7 Å². The molecule has 1 aromatic heterocycles. The summed E-state index contributed by atoms with van der Waals surface area (Å²) in [5.74, 6) is 0.257. The van der Waals surface area contributed by atoms with Crippen molar-refractivity contribution in [2.24, 2.45) is 5.41 Å². The minimum absolute atomic E-state index is 0.173. The summed E-state index contributed by atoms with van der Waals surface area (Å²) >= 11 is 3.45. The lowest BCUT2D eigenvalue weighted by Crippen LogP contribution is -2.27. The highest BCUT2D eigenvalue weighted by Gasteiger charge is 2.39. The highest BCUT2D eigenvalue weighted by Crippen LogP contribution is 2.41. The lowest BCUT2D eigenvalue weighted by Gasteiger charge is -2.22. The van der Waals surface area contributed by atoms with Crippen molar-refractivity contribution in [1.29, 1.82) is 0 Å². The Morgan fingerprint density at radius 1 is 1.53 bits per heavy atom. The monoisotopic (exact) mass is 298 g/mol. The summed E-state index contributed by atoms with van der Waals surface area (Å²) in [6.45, 7) is 5.00. The van der Waals surface area contributed by atoms with Crippen LogP contribution in [0.1, 0.15) is 56.4 Å². The standard InChI is InChI=1S/C13H19BrN2O/c1-3-8-16-11(10(14)9-15-16)12(17)13(2)6-4-5-7-13/h9H,3-8H2,1-2H3. The first kappa shape index (κ1) is 12.8. The second kappa shape index (κ2) is 4.92. The Morgan fingerprint density at radius 3 is 2.76 bits per heavy atom. The molecule has 0 saturated heterocycles. The number of ketones is 1. The van der Waals surface area contributed by atoms with Gasteiger partial charge in [-0.15, -0.1) is 0 Å². The van der Waals surface area contributed by atoms with Crippen LogP contribution in [-0.2, 0) is 6.54 Å². The first-order valence-corrected chi connectivity index (χ1v) is 7.14. The van der Waals surface area contributed by atoms with Gasteiger partial charge in [-0.1, -0.05) is 26.7 Å². The molecule has 1 fully saturated rings. The zero-order valence-corrected chi connectivity index (χ0v) is 12.1. The number of hydrogen-bond acceptors (Lipinski definition) is 2. The molecule has 0 amide bonds. The minimum Gasteiger partial charge on any atom is -0.292 e. The van der Waals surface area contributed by atoms with Crippen LogP contribution in [0, 0.1) is 5.41 Å². The zero-order chi connectivity index (χ0) is 12.5. The number of rotatable bonds is 4. The second-order valence-electron chi connectivity index (χ2n) is 5.16. The molecule has 0 N–H and O–H groups in total. The van der Waals surface area contributed by atoms with Gasteiger partial charge in [0.25, 0.3) is 0 Å². The Hall–Kier alpha value is -0.640. The summed E-state index contributed by atoms with van der Waals surface area (Å²) in [6.07, 6.45) is 7.08. The Balaban J connectivity index is 2.32. The lowest BCUT2D eigenvalue weighted by molar-refractivity contribution is 0.0810. The van der Waals surface area contributed by atoms with Crippen molar-refractivity contribution in [2.45, 2.75) is 52.5 Å². The van der Waals surface area contributed by atoms with Gasteiger partial charge in [0.2, 0.25) is 0 Å². The number of aromatic nitrogens is 2. The van der Waals surface area contributed by atoms with Crippen LogP contribution in [0.15, 0.2) is 10.7 Å². The van der Waals surface area contributed by atoms with Gasteiger partial charge in [-0.25, -0.2) is 0 Å². The van der Waals surface area contributed by atoms with Crippen LogP contribution in [0.25, 0.3) is 0 Å². The summed E-state index contributed by atoms with van der Waals surface area (Å²) in [5.41, 5.74) is 0.588. The van der Waals surface area contributed by atoms with E-state index in [9.17, 15) is 4.79 Å². The molecule has 1 aromatic rings. The quantitative estimate of drug-likeness (QED) is 0.792. The third-order valence-electron chi connectivity index (χ3n) is 3.70. The first-order valence-electron chi connectivity index (χ1n) is 6.34. The van der Waals surface area contributed by atoms with E-state index in [-0.39, 0.29) is 11.2 Å². The number of carbonyl (C=O) groups excluding carboxylic acids is 1. The maximum Gasteiger partial charge on any atom is 0.187 e. The van der Waals surface area contributed by atoms with E-state index in [1.807, 2.05) is 4.68 Å². The lowest BCUT2D eigenvalue weighted by atomic mass is 9.82. The Labute approximate surface area is 111 Å². The van der Waals surface area contributed by atoms with Crippen LogP contribution < -0.4 is 0 Å². The van der Waals surface area contributed by atoms with Crippen molar-refractivity contribution >= 4 is 21.7 Å². The summed E-state index contributed by atoms with van der Waals surface area (Å²) in [6, 6.07) is 0. The van der Waals surface area contributed by atoms with Gasteiger partial charge >= 0.3 is 0 Å². The van der Waals surface area contributed by atoms with E-state index >= 15 is 0 Å². The summed E-state index contributed by atoms with van der Waals surface area (Å²) in [5, 5.41) is 4.28. The minimum atomic E-state index is -0.173. The van der Waals surface area contributed by atoms with Crippen molar-refractivity contribution in [1.82, 2.24) is 9.78 Å². The number of Topliss-reactive ketones (excluding diaryl/α,β-unsaturated/α-hetero) is 1. The highest BCUT2D eigenvalue weighted by molar-refractivity contribution is 9.10. The first-order chi connectivity index (χ1) is 8.08. The number of halogens is 1. The molecule has 2 rings (SSSR count). The van der Waals surface area contributed by atoms with E-state index in [4.69, 9.17) is 0 Å². The molecule has 0 aromatic carbocycles. The average molecular weight is 299 g/mol. The molecule has 1 aliphatic carbocycles. The van der Waals surface area contributed by atoms with Crippen molar-refractivity contribution in [2.75, 3.05) is 0 Å². The maximum atomic E-state index is 12.7. The van der Waals surface area contributed by atoms with E-state index in [2.05, 4.69) is 34.9 Å². The third kappa shape index (κ3) is 2.32. The van der Waals surface area contributed by atoms with Crippen molar-refractivity contribution in [3.8, 4) is 0 Å². The van der Waals surface area contributed by atoms with E-state index in [0.29, 0.717) is 0 Å². The van der Waals surface area contributed by atoms with Gasteiger partial charge in [0, 0.05) is 12.0 Å². The molecule has 17 heavy (non-hydrogen) atoms. The second-order valence-corrected chi connectivity index (χ2v) is 6.02. The van der Waals surface area contributed by atoms with Gasteiger partial charge in [-0.2, -0.15) is 5.10 Å². The molecule has 0 spiro atoms. The van der Waals surface area contributed by atoms with Crippen LogP contribution in [0.5, 0.6) is 0 Å². The number of nitrogens with zero attached hydrogens (tertiary/aromatic N) is 2. The summed E-state index contributed by atoms with van der Waals surface area (Å²) < 4.78 is 2.68. The Morgan fingerprint density at radius 2 is 2.18 bits per heavy atom. The topological polar surface area (TPSA) is 34.9 Å². The average Bonchev–Trinajstić information content (AvgIpc) is 2.87. The van der Waals surface area contributed by atoms with Crippen LogP contribution in [-0.4, -0.2) is 15.6 Å². The molecular formula is C13H19BrN2O. The molecule has 94 valence electrons. The number of hydrogen-bond donors (Lipinski definition) is 0. The Bertz CT molecular complexity index is 419. The fraction of sp³-hybridized carbons (Fsp3) is 0.692. The van der Waals surface area contributed by atoms with Crippen molar-refractivity contribution in [3.05, 3.63) is 16.4 Å². The molecule has 3 nitrogen and oxygen atoms in total. The predicted octanol–water partition coefficient (Wildman–Crippen LogP) is 3.82. The van der Waals surface area contributed by atoms with E-state index in [0.717, 1.165) is 36.0 Å². The number of carbonyl (C=O) groups is 1. The molecule has 0 radical (unpaired) electrons. The summed E-state index contributed by atoms with van der Waals surface area (Å²) in [7, 11) is 0. The molecule has 0 bridgehead atoms. The molecule has 0 aliphatic heterocycles.